The first-order valence-electron chi connectivity index (χ1n) is 7.78. The quantitative estimate of drug-likeness (QED) is 0.723. The van der Waals surface area contributed by atoms with Crippen LogP contribution in [0.5, 0.6) is 0 Å². The number of sulfone groups is 1. The average molecular weight is 404 g/mol. The Balaban J connectivity index is 2.23. The molecule has 0 heterocycles. The number of rotatable bonds is 6. The summed E-state index contributed by atoms with van der Waals surface area (Å²) < 4.78 is 75.0. The van der Waals surface area contributed by atoms with Gasteiger partial charge in [0.15, 0.2) is 0 Å². The molecule has 0 saturated heterocycles. The third-order valence-electron chi connectivity index (χ3n) is 3.57. The number of carbonyl (C=O) groups excluding carboxylic acids is 1. The van der Waals surface area contributed by atoms with Gasteiger partial charge in [0.25, 0.3) is 15.7 Å². The van der Waals surface area contributed by atoms with Gasteiger partial charge in [-0.3, -0.25) is 4.79 Å². The Bertz CT molecular complexity index is 926. The number of nitrogens with one attached hydrogen (secondary N) is 2. The minimum atomic E-state index is -5.71. The summed E-state index contributed by atoms with van der Waals surface area (Å²) in [6.07, 6.45) is 0. The molecule has 0 atom stereocenters. The van der Waals surface area contributed by atoms with Gasteiger partial charge in [0, 0.05) is 18.7 Å². The number of amides is 1. The van der Waals surface area contributed by atoms with Gasteiger partial charge >= 0.3 is 5.51 Å². The molecule has 0 unspecified atom stereocenters. The lowest BCUT2D eigenvalue weighted by Crippen LogP contribution is -2.24. The summed E-state index contributed by atoms with van der Waals surface area (Å²) >= 11 is 0. The van der Waals surface area contributed by atoms with Gasteiger partial charge in [-0.1, -0.05) is 12.1 Å². The average Bonchev–Trinajstić information content (AvgIpc) is 2.60. The zero-order valence-corrected chi connectivity index (χ0v) is 14.9. The van der Waals surface area contributed by atoms with E-state index in [1.165, 1.54) is 12.1 Å². The maximum atomic E-state index is 13.3. The minimum absolute atomic E-state index is 0.0261. The van der Waals surface area contributed by atoms with Crippen molar-refractivity contribution in [3.05, 3.63) is 59.4 Å². The molecule has 1 amide bonds. The molecule has 27 heavy (non-hydrogen) atoms. The maximum absolute atomic E-state index is 13.3. The molecule has 0 spiro atoms. The molecule has 0 fully saturated rings. The highest BCUT2D eigenvalue weighted by atomic mass is 32.2. The molecule has 0 saturated carbocycles. The predicted molar refractivity (Wildman–Crippen MR) is 91.4 cm³/mol. The van der Waals surface area contributed by atoms with E-state index in [0.717, 1.165) is 12.1 Å². The number of hydrogen-bond acceptors (Lipinski definition) is 4. The fourth-order valence-electron chi connectivity index (χ4n) is 2.22. The molecule has 2 N–H and O–H groups in total. The van der Waals surface area contributed by atoms with Crippen molar-refractivity contribution in [3.63, 3.8) is 0 Å². The fraction of sp³-hybridized carbons (Fsp3) is 0.235. The van der Waals surface area contributed by atoms with E-state index in [1.54, 1.807) is 19.1 Å². The molecule has 0 bridgehead atoms. The topological polar surface area (TPSA) is 75.3 Å². The summed E-state index contributed by atoms with van der Waals surface area (Å²) in [7, 11) is -5.71. The van der Waals surface area contributed by atoms with Crippen LogP contribution in [0.15, 0.2) is 47.4 Å². The molecule has 0 aromatic heterocycles. The third-order valence-corrected chi connectivity index (χ3v) is 5.10. The molecule has 10 heteroatoms. The highest BCUT2D eigenvalue weighted by molar-refractivity contribution is 7.92. The highest BCUT2D eigenvalue weighted by Crippen LogP contribution is 2.35. The summed E-state index contributed by atoms with van der Waals surface area (Å²) in [6, 6.07) is 8.30. The van der Waals surface area contributed by atoms with E-state index in [2.05, 4.69) is 10.6 Å². The van der Waals surface area contributed by atoms with Gasteiger partial charge in [-0.25, -0.2) is 12.8 Å². The largest absolute Gasteiger partial charge is 0.501 e. The lowest BCUT2D eigenvalue weighted by Gasteiger charge is -2.14. The van der Waals surface area contributed by atoms with Crippen LogP contribution in [-0.2, 0) is 16.4 Å². The molecule has 2 aromatic rings. The van der Waals surface area contributed by atoms with Gasteiger partial charge in [0.2, 0.25) is 0 Å². The number of halogens is 4. The standard InChI is InChI=1S/C17H16F4N2O3S/c1-2-22-16(24)12-5-3-11(4-6-12)10-23-14-8-7-13(18)9-15(14)27(25,26)17(19,20)21/h3-9,23H,2,10H2,1H3,(H,22,24). The van der Waals surface area contributed by atoms with Gasteiger partial charge in [-0.05, 0) is 42.8 Å². The lowest BCUT2D eigenvalue weighted by atomic mass is 10.1. The van der Waals surface area contributed by atoms with Gasteiger partial charge in [-0.15, -0.1) is 0 Å². The van der Waals surface area contributed by atoms with Gasteiger partial charge in [-0.2, -0.15) is 13.2 Å². The smallest absolute Gasteiger partial charge is 0.380 e. The first kappa shape index (κ1) is 20.7. The van der Waals surface area contributed by atoms with Crippen molar-refractivity contribution in [1.82, 2.24) is 5.32 Å². The van der Waals surface area contributed by atoms with Crippen molar-refractivity contribution in [2.24, 2.45) is 0 Å². The maximum Gasteiger partial charge on any atom is 0.501 e. The summed E-state index contributed by atoms with van der Waals surface area (Å²) in [5.41, 5.74) is -4.93. The highest BCUT2D eigenvalue weighted by Gasteiger charge is 2.48. The van der Waals surface area contributed by atoms with Crippen LogP contribution in [0.4, 0.5) is 23.2 Å². The Morgan fingerprint density at radius 3 is 2.26 bits per heavy atom. The van der Waals surface area contributed by atoms with Crippen LogP contribution in [0.3, 0.4) is 0 Å². The Morgan fingerprint density at radius 2 is 1.70 bits per heavy atom. The molecular formula is C17H16F4N2O3S. The summed E-state index contributed by atoms with van der Waals surface area (Å²) in [5.74, 6) is -1.37. The minimum Gasteiger partial charge on any atom is -0.380 e. The van der Waals surface area contributed by atoms with Gasteiger partial charge in [0.05, 0.1) is 5.69 Å². The zero-order valence-electron chi connectivity index (χ0n) is 14.1. The molecule has 5 nitrogen and oxygen atoms in total. The SMILES string of the molecule is CCNC(=O)c1ccc(CNc2ccc(F)cc2S(=O)(=O)C(F)(F)F)cc1. The zero-order chi connectivity index (χ0) is 20.2. The number of alkyl halides is 3. The predicted octanol–water partition coefficient (Wildman–Crippen LogP) is 3.48. The van der Waals surface area contributed by atoms with Crippen molar-refractivity contribution in [2.75, 3.05) is 11.9 Å². The number of hydrogen-bond donors (Lipinski definition) is 2. The Morgan fingerprint density at radius 1 is 1.07 bits per heavy atom. The molecule has 0 aliphatic heterocycles. The number of benzene rings is 2. The molecule has 0 aliphatic rings. The van der Waals surface area contributed by atoms with Crippen molar-refractivity contribution < 1.29 is 30.8 Å². The van der Waals surface area contributed by atoms with Gasteiger partial charge in [0.1, 0.15) is 10.7 Å². The third kappa shape index (κ3) is 4.76. The second-order valence-corrected chi connectivity index (χ2v) is 7.41. The second-order valence-electron chi connectivity index (χ2n) is 5.50. The Kier molecular flexibility index (Phi) is 6.09. The van der Waals surface area contributed by atoms with E-state index in [1.807, 2.05) is 0 Å². The van der Waals surface area contributed by atoms with Crippen LogP contribution >= 0.6 is 0 Å². The number of carbonyl (C=O) groups is 1. The van der Waals surface area contributed by atoms with E-state index in [9.17, 15) is 30.8 Å². The Labute approximate surface area is 153 Å². The van der Waals surface area contributed by atoms with E-state index >= 15 is 0 Å². The molecular weight excluding hydrogens is 388 g/mol. The van der Waals surface area contributed by atoms with Crippen molar-refractivity contribution in [1.29, 1.82) is 0 Å². The van der Waals surface area contributed by atoms with Crippen molar-refractivity contribution in [2.45, 2.75) is 23.9 Å². The van der Waals surface area contributed by atoms with Crippen molar-refractivity contribution >= 4 is 21.4 Å². The molecule has 0 aliphatic carbocycles. The summed E-state index contributed by atoms with van der Waals surface area (Å²) in [5, 5.41) is 5.18. The van der Waals surface area contributed by atoms with Crippen LogP contribution < -0.4 is 10.6 Å². The van der Waals surface area contributed by atoms with Crippen LogP contribution in [0, 0.1) is 5.82 Å². The molecule has 2 rings (SSSR count). The monoisotopic (exact) mass is 404 g/mol. The van der Waals surface area contributed by atoms with Crippen LogP contribution in [-0.4, -0.2) is 26.4 Å². The number of anilines is 1. The van der Waals surface area contributed by atoms with Crippen LogP contribution in [0.2, 0.25) is 0 Å². The molecule has 2 aromatic carbocycles. The summed E-state index contributed by atoms with van der Waals surface area (Å²) in [4.78, 5) is 10.5. The first-order chi connectivity index (χ1) is 12.6. The molecule has 0 radical (unpaired) electrons. The van der Waals surface area contributed by atoms with Gasteiger partial charge < -0.3 is 10.6 Å². The van der Waals surface area contributed by atoms with E-state index < -0.39 is 26.1 Å². The summed E-state index contributed by atoms with van der Waals surface area (Å²) in [6.45, 7) is 2.20. The van der Waals surface area contributed by atoms with Crippen LogP contribution in [0.1, 0.15) is 22.8 Å². The normalized spacial score (nSPS) is 11.9. The fourth-order valence-corrected chi connectivity index (χ4v) is 3.17. The molecule has 146 valence electrons. The van der Waals surface area contributed by atoms with Crippen LogP contribution in [0.25, 0.3) is 0 Å². The first-order valence-corrected chi connectivity index (χ1v) is 9.26. The lowest BCUT2D eigenvalue weighted by molar-refractivity contribution is -0.0435. The van der Waals surface area contributed by atoms with E-state index in [0.29, 0.717) is 23.7 Å². The second kappa shape index (κ2) is 7.95. The van der Waals surface area contributed by atoms with E-state index in [4.69, 9.17) is 0 Å². The van der Waals surface area contributed by atoms with E-state index in [-0.39, 0.29) is 18.1 Å². The van der Waals surface area contributed by atoms with Crippen molar-refractivity contribution in [3.8, 4) is 0 Å². The Hall–Kier alpha value is -2.62.